The molecule has 10 nitrogen and oxygen atoms in total. The van der Waals surface area contributed by atoms with Crippen molar-refractivity contribution < 1.29 is 19.2 Å². The second kappa shape index (κ2) is 6.99. The van der Waals surface area contributed by atoms with Crippen molar-refractivity contribution in [1.29, 1.82) is 0 Å². The van der Waals surface area contributed by atoms with Gasteiger partial charge in [0, 0.05) is 30.5 Å². The van der Waals surface area contributed by atoms with Gasteiger partial charge in [-0.2, -0.15) is 0 Å². The van der Waals surface area contributed by atoms with Crippen molar-refractivity contribution in [3.63, 3.8) is 0 Å². The first-order chi connectivity index (χ1) is 16.9. The Morgan fingerprint density at radius 3 is 2.57 bits per heavy atom. The fourth-order valence-electron chi connectivity index (χ4n) is 6.93. The molecule has 10 heteroatoms. The number of carbonyl (C=O) groups excluding carboxylic acids is 4. The largest absolute Gasteiger partial charge is 0.330 e. The van der Waals surface area contributed by atoms with Gasteiger partial charge in [0.2, 0.25) is 11.8 Å². The number of hydrogen-bond acceptors (Lipinski definition) is 6. The molecule has 180 valence electrons. The molecule has 2 aliphatic carbocycles. The van der Waals surface area contributed by atoms with Crippen LogP contribution in [0.4, 0.5) is 0 Å². The van der Waals surface area contributed by atoms with Crippen molar-refractivity contribution >= 4 is 23.6 Å². The van der Waals surface area contributed by atoms with E-state index in [9.17, 15) is 19.2 Å². The number of piperidine rings is 1. The molecule has 1 unspecified atom stereocenters. The zero-order chi connectivity index (χ0) is 23.9. The molecular weight excluding hydrogens is 448 g/mol. The van der Waals surface area contributed by atoms with E-state index in [2.05, 4.69) is 15.6 Å². The van der Waals surface area contributed by atoms with Crippen molar-refractivity contribution in [1.82, 2.24) is 30.1 Å². The first-order valence-corrected chi connectivity index (χ1v) is 12.4. The molecule has 1 aromatic heterocycles. The molecule has 1 atom stereocenters. The van der Waals surface area contributed by atoms with Crippen LogP contribution in [0.15, 0.2) is 24.4 Å². The maximum Gasteiger partial charge on any atom is 0.276 e. The molecule has 4 fully saturated rings. The summed E-state index contributed by atoms with van der Waals surface area (Å²) in [6, 6.07) is 4.69. The van der Waals surface area contributed by atoms with Gasteiger partial charge in [-0.3, -0.25) is 24.5 Å². The fraction of sp³-hybridized carbons (Fsp3) is 0.520. The Hall–Kier alpha value is -3.56. The topological polar surface area (TPSA) is 118 Å². The van der Waals surface area contributed by atoms with Crippen LogP contribution in [0.3, 0.4) is 0 Å². The summed E-state index contributed by atoms with van der Waals surface area (Å²) in [7, 11) is 0. The van der Waals surface area contributed by atoms with E-state index in [0.717, 1.165) is 24.9 Å². The third-order valence-corrected chi connectivity index (χ3v) is 9.19. The second-order valence-corrected chi connectivity index (χ2v) is 10.7. The first-order valence-electron chi connectivity index (χ1n) is 12.4. The minimum atomic E-state index is -0.652. The number of fused-ring (bicyclic) bond motifs is 2. The third kappa shape index (κ3) is 2.70. The highest BCUT2D eigenvalue weighted by Gasteiger charge is 2.69. The predicted molar refractivity (Wildman–Crippen MR) is 121 cm³/mol. The Balaban J connectivity index is 1.10. The van der Waals surface area contributed by atoms with Gasteiger partial charge in [-0.05, 0) is 62.3 Å². The second-order valence-electron chi connectivity index (χ2n) is 10.7. The summed E-state index contributed by atoms with van der Waals surface area (Å²) in [4.78, 5) is 53.5. The normalized spacial score (nSPS) is 25.7. The Kier molecular flexibility index (Phi) is 4.15. The fourth-order valence-corrected chi connectivity index (χ4v) is 6.93. The SMILES string of the molecule is O=C1CCC(N2Cc3cc(-n4cc(C(=O)N5CC6(CCC6)C56CCC6)nn4)ccc3C2=O)C(=O)N1. The van der Waals surface area contributed by atoms with Crippen LogP contribution in [0.25, 0.3) is 5.69 Å². The summed E-state index contributed by atoms with van der Waals surface area (Å²) >= 11 is 0. The molecule has 1 N–H and O–H groups in total. The molecule has 5 aliphatic rings. The van der Waals surface area contributed by atoms with Crippen molar-refractivity contribution in [2.75, 3.05) is 6.54 Å². The van der Waals surface area contributed by atoms with Crippen LogP contribution < -0.4 is 5.32 Å². The zero-order valence-electron chi connectivity index (χ0n) is 19.3. The summed E-state index contributed by atoms with van der Waals surface area (Å²) in [6.07, 6.45) is 9.30. The number of nitrogens with one attached hydrogen (secondary N) is 1. The van der Waals surface area contributed by atoms with Crippen molar-refractivity contribution in [2.24, 2.45) is 5.41 Å². The van der Waals surface area contributed by atoms with Gasteiger partial charge >= 0.3 is 0 Å². The Morgan fingerprint density at radius 1 is 1.09 bits per heavy atom. The first kappa shape index (κ1) is 20.8. The molecule has 1 aromatic carbocycles. The molecular formula is C25H26N6O4. The maximum absolute atomic E-state index is 13.3. The van der Waals surface area contributed by atoms with Gasteiger partial charge in [0.15, 0.2) is 5.69 Å². The summed E-state index contributed by atoms with van der Waals surface area (Å²) in [5, 5.41) is 10.7. The third-order valence-electron chi connectivity index (χ3n) is 9.19. The number of carbonyl (C=O) groups is 4. The van der Waals surface area contributed by atoms with E-state index in [1.54, 1.807) is 23.0 Å². The molecule has 2 aromatic rings. The van der Waals surface area contributed by atoms with Crippen LogP contribution in [0.2, 0.25) is 0 Å². The van der Waals surface area contributed by atoms with Gasteiger partial charge in [-0.15, -0.1) is 5.10 Å². The smallest absolute Gasteiger partial charge is 0.276 e. The number of aromatic nitrogens is 3. The van der Waals surface area contributed by atoms with Crippen LogP contribution in [0, 0.1) is 5.41 Å². The molecule has 2 spiro atoms. The van der Waals surface area contributed by atoms with Gasteiger partial charge in [-0.25, -0.2) is 4.68 Å². The van der Waals surface area contributed by atoms with Crippen LogP contribution in [0.5, 0.6) is 0 Å². The Morgan fingerprint density at radius 2 is 1.89 bits per heavy atom. The number of nitrogens with zero attached hydrogens (tertiary/aromatic N) is 5. The number of benzene rings is 1. The highest BCUT2D eigenvalue weighted by molar-refractivity contribution is 6.05. The van der Waals surface area contributed by atoms with Gasteiger partial charge < -0.3 is 9.80 Å². The molecule has 3 aliphatic heterocycles. The van der Waals surface area contributed by atoms with Crippen molar-refractivity contribution in [3.05, 3.63) is 41.2 Å². The number of amides is 4. The van der Waals surface area contributed by atoms with E-state index in [0.29, 0.717) is 28.8 Å². The van der Waals surface area contributed by atoms with E-state index in [1.807, 2.05) is 11.0 Å². The highest BCUT2D eigenvalue weighted by Crippen LogP contribution is 2.67. The Bertz CT molecular complexity index is 1310. The maximum atomic E-state index is 13.3. The van der Waals surface area contributed by atoms with Crippen molar-refractivity contribution in [3.8, 4) is 5.69 Å². The number of hydrogen-bond donors (Lipinski definition) is 1. The van der Waals surface area contributed by atoms with E-state index in [4.69, 9.17) is 0 Å². The van der Waals surface area contributed by atoms with E-state index in [1.165, 1.54) is 30.6 Å². The van der Waals surface area contributed by atoms with Crippen LogP contribution in [-0.4, -0.2) is 66.5 Å². The molecule has 2 saturated heterocycles. The minimum Gasteiger partial charge on any atom is -0.330 e. The van der Waals surface area contributed by atoms with Crippen molar-refractivity contribution in [2.45, 2.75) is 69.5 Å². The summed E-state index contributed by atoms with van der Waals surface area (Å²) in [6.45, 7) is 1.11. The van der Waals surface area contributed by atoms with Gasteiger partial charge in [-0.1, -0.05) is 11.6 Å². The van der Waals surface area contributed by atoms with Gasteiger partial charge in [0.1, 0.15) is 6.04 Å². The number of likely N-dealkylation sites (tertiary alicyclic amines) is 1. The van der Waals surface area contributed by atoms with E-state index < -0.39 is 11.9 Å². The molecule has 0 radical (unpaired) electrons. The highest BCUT2D eigenvalue weighted by atomic mass is 16.2. The lowest BCUT2D eigenvalue weighted by atomic mass is 9.44. The molecule has 35 heavy (non-hydrogen) atoms. The monoisotopic (exact) mass is 474 g/mol. The summed E-state index contributed by atoms with van der Waals surface area (Å²) < 4.78 is 1.57. The molecule has 4 amide bonds. The lowest BCUT2D eigenvalue weighted by Crippen LogP contribution is -2.80. The zero-order valence-corrected chi connectivity index (χ0v) is 19.3. The van der Waals surface area contributed by atoms with E-state index >= 15 is 0 Å². The summed E-state index contributed by atoms with van der Waals surface area (Å²) in [5.41, 5.74) is 2.74. The molecule has 7 rings (SSSR count). The predicted octanol–water partition coefficient (Wildman–Crippen LogP) is 1.58. The van der Waals surface area contributed by atoms with Gasteiger partial charge in [0.05, 0.1) is 17.4 Å². The average molecular weight is 475 g/mol. The van der Waals surface area contributed by atoms with Crippen LogP contribution in [-0.2, 0) is 16.1 Å². The molecule has 2 saturated carbocycles. The number of imide groups is 1. The summed E-state index contributed by atoms with van der Waals surface area (Å²) in [5.74, 6) is -1.00. The molecule has 4 heterocycles. The van der Waals surface area contributed by atoms with E-state index in [-0.39, 0.29) is 36.2 Å². The van der Waals surface area contributed by atoms with Crippen LogP contribution >= 0.6 is 0 Å². The quantitative estimate of drug-likeness (QED) is 0.675. The lowest BCUT2D eigenvalue weighted by molar-refractivity contribution is -0.212. The Labute approximate surface area is 201 Å². The van der Waals surface area contributed by atoms with Gasteiger partial charge in [0.25, 0.3) is 11.8 Å². The lowest BCUT2D eigenvalue weighted by Gasteiger charge is -2.74. The molecule has 0 bridgehead atoms. The number of rotatable bonds is 3. The van der Waals surface area contributed by atoms with Crippen LogP contribution in [0.1, 0.15) is 77.8 Å². The average Bonchev–Trinajstić information content (AvgIpc) is 3.36. The standard InChI is InChI=1S/C25H26N6O4/c32-20-6-5-19(21(33)26-20)29-12-15-11-16(3-4-17(15)22(29)34)31-13-18(27-28-31)23(35)30-14-24(7-1-8-24)25(30)9-2-10-25/h3-4,11,13,19H,1-2,5-10,12,14H2,(H,26,32,33). The minimum absolute atomic E-state index is 0.0412.